The molecule has 0 spiro atoms. The lowest BCUT2D eigenvalue weighted by atomic mass is 10.7. The number of nitrogens with zero attached hydrogens (tertiary/aromatic N) is 2. The molecular formula is C5H7N3O. The van der Waals surface area contributed by atoms with E-state index in [-0.39, 0.29) is 12.6 Å². The molecule has 0 aromatic carbocycles. The molecule has 4 nitrogen and oxygen atoms in total. The van der Waals surface area contributed by atoms with Crippen molar-refractivity contribution in [2.24, 2.45) is 10.7 Å². The predicted molar refractivity (Wildman–Crippen MR) is 33.4 cm³/mol. The quantitative estimate of drug-likeness (QED) is 0.244. The molecule has 0 rings (SSSR count). The Morgan fingerprint density at radius 3 is 3.11 bits per heavy atom. The van der Waals surface area contributed by atoms with Crippen LogP contribution in [0.1, 0.15) is 0 Å². The van der Waals surface area contributed by atoms with Crippen LogP contribution in [0.15, 0.2) is 17.6 Å². The summed E-state index contributed by atoms with van der Waals surface area (Å²) in [5.74, 6) is 0. The predicted octanol–water partition coefficient (Wildman–Crippen LogP) is -0.0152. The summed E-state index contributed by atoms with van der Waals surface area (Å²) in [5, 5.41) is 7.91. The maximum atomic E-state index is 7.91. The van der Waals surface area contributed by atoms with Crippen molar-refractivity contribution in [3.63, 3.8) is 0 Å². The highest BCUT2D eigenvalue weighted by Crippen LogP contribution is 1.73. The number of amidine groups is 1. The van der Waals surface area contributed by atoms with Crippen LogP contribution in [0.5, 0.6) is 0 Å². The molecule has 0 amide bonds. The molecule has 0 aromatic rings. The van der Waals surface area contributed by atoms with Crippen molar-refractivity contribution in [1.29, 1.82) is 5.26 Å². The minimum Gasteiger partial charge on any atom is -0.460 e. The SMILES string of the molecule is C=CCOC(N)=NC#N. The Bertz CT molecular complexity index is 156. The van der Waals surface area contributed by atoms with Gasteiger partial charge in [0.15, 0.2) is 0 Å². The number of hydrogen-bond donors (Lipinski definition) is 1. The van der Waals surface area contributed by atoms with Gasteiger partial charge in [0, 0.05) is 0 Å². The number of rotatable bonds is 2. The van der Waals surface area contributed by atoms with E-state index >= 15 is 0 Å². The maximum absolute atomic E-state index is 7.91. The van der Waals surface area contributed by atoms with E-state index in [1.54, 1.807) is 0 Å². The highest BCUT2D eigenvalue weighted by atomic mass is 16.5. The number of nitriles is 1. The van der Waals surface area contributed by atoms with E-state index in [0.29, 0.717) is 0 Å². The van der Waals surface area contributed by atoms with E-state index in [9.17, 15) is 0 Å². The number of nitrogens with two attached hydrogens (primary N) is 1. The summed E-state index contributed by atoms with van der Waals surface area (Å²) in [7, 11) is 0. The van der Waals surface area contributed by atoms with Crippen LogP contribution in [0.4, 0.5) is 0 Å². The Morgan fingerprint density at radius 2 is 2.67 bits per heavy atom. The van der Waals surface area contributed by atoms with E-state index in [0.717, 1.165) is 0 Å². The molecule has 0 aliphatic carbocycles. The van der Waals surface area contributed by atoms with Crippen LogP contribution in [0.2, 0.25) is 0 Å². The third-order valence-electron chi connectivity index (χ3n) is 0.509. The van der Waals surface area contributed by atoms with Crippen LogP contribution in [-0.2, 0) is 4.74 Å². The lowest BCUT2D eigenvalue weighted by molar-refractivity contribution is 0.345. The number of hydrogen-bond acceptors (Lipinski definition) is 3. The summed E-state index contributed by atoms with van der Waals surface area (Å²) in [6.45, 7) is 3.65. The molecule has 48 valence electrons. The van der Waals surface area contributed by atoms with Crippen LogP contribution < -0.4 is 5.73 Å². The van der Waals surface area contributed by atoms with Gasteiger partial charge in [0.2, 0.25) is 6.19 Å². The third-order valence-corrected chi connectivity index (χ3v) is 0.509. The summed E-state index contributed by atoms with van der Waals surface area (Å²) < 4.78 is 4.62. The molecule has 0 aliphatic rings. The highest BCUT2D eigenvalue weighted by Gasteiger charge is 1.85. The molecule has 0 saturated heterocycles. The van der Waals surface area contributed by atoms with Gasteiger partial charge in [0.25, 0.3) is 6.02 Å². The van der Waals surface area contributed by atoms with Gasteiger partial charge in [0.05, 0.1) is 0 Å². The topological polar surface area (TPSA) is 71.4 Å². The van der Waals surface area contributed by atoms with E-state index in [1.165, 1.54) is 12.3 Å². The lowest BCUT2D eigenvalue weighted by Crippen LogP contribution is -2.15. The molecule has 0 atom stereocenters. The first-order valence-electron chi connectivity index (χ1n) is 2.27. The fourth-order valence-corrected chi connectivity index (χ4v) is 0.226. The Labute approximate surface area is 53.3 Å². The monoisotopic (exact) mass is 125 g/mol. The molecule has 0 aromatic heterocycles. The minimum atomic E-state index is -0.127. The molecule has 0 aliphatic heterocycles. The molecule has 9 heavy (non-hydrogen) atoms. The van der Waals surface area contributed by atoms with Crippen molar-refractivity contribution in [1.82, 2.24) is 0 Å². The zero-order valence-corrected chi connectivity index (χ0v) is 4.87. The molecule has 2 N–H and O–H groups in total. The van der Waals surface area contributed by atoms with Gasteiger partial charge in [-0.3, -0.25) is 0 Å². The van der Waals surface area contributed by atoms with Gasteiger partial charge in [-0.2, -0.15) is 5.26 Å². The minimum absolute atomic E-state index is 0.127. The summed E-state index contributed by atoms with van der Waals surface area (Å²) >= 11 is 0. The van der Waals surface area contributed by atoms with Gasteiger partial charge in [-0.15, -0.1) is 4.99 Å². The fourth-order valence-electron chi connectivity index (χ4n) is 0.226. The second-order valence-corrected chi connectivity index (χ2v) is 1.15. The Kier molecular flexibility index (Phi) is 3.88. The molecule has 0 heterocycles. The van der Waals surface area contributed by atoms with E-state index in [1.807, 2.05) is 0 Å². The molecule has 0 fully saturated rings. The zero-order chi connectivity index (χ0) is 7.11. The molecule has 4 heteroatoms. The summed E-state index contributed by atoms with van der Waals surface area (Å²) in [5.41, 5.74) is 5.03. The summed E-state index contributed by atoms with van der Waals surface area (Å²) in [6.07, 6.45) is 2.99. The second kappa shape index (κ2) is 4.65. The Balaban J connectivity index is 3.52. The molecule has 0 radical (unpaired) electrons. The van der Waals surface area contributed by atoms with Crippen molar-refractivity contribution >= 4 is 6.02 Å². The second-order valence-electron chi connectivity index (χ2n) is 1.15. The average Bonchev–Trinajstić information content (AvgIpc) is 1.85. The first-order chi connectivity index (χ1) is 4.31. The van der Waals surface area contributed by atoms with E-state index in [4.69, 9.17) is 11.0 Å². The van der Waals surface area contributed by atoms with Gasteiger partial charge in [-0.25, -0.2) is 0 Å². The number of ether oxygens (including phenoxy) is 1. The Morgan fingerprint density at radius 1 is 2.00 bits per heavy atom. The van der Waals surface area contributed by atoms with Crippen molar-refractivity contribution in [2.75, 3.05) is 6.61 Å². The summed E-state index contributed by atoms with van der Waals surface area (Å²) in [6, 6.07) is -0.127. The third kappa shape index (κ3) is 4.35. The van der Waals surface area contributed by atoms with Gasteiger partial charge < -0.3 is 10.5 Å². The molecule has 0 bridgehead atoms. The van der Waals surface area contributed by atoms with Crippen LogP contribution in [-0.4, -0.2) is 12.6 Å². The van der Waals surface area contributed by atoms with Gasteiger partial charge >= 0.3 is 0 Å². The highest BCUT2D eigenvalue weighted by molar-refractivity contribution is 5.72. The van der Waals surface area contributed by atoms with Crippen LogP contribution in [0.25, 0.3) is 0 Å². The van der Waals surface area contributed by atoms with Crippen LogP contribution in [0.3, 0.4) is 0 Å². The first kappa shape index (κ1) is 7.50. The largest absolute Gasteiger partial charge is 0.460 e. The maximum Gasteiger partial charge on any atom is 0.297 e. The van der Waals surface area contributed by atoms with Gasteiger partial charge in [-0.05, 0) is 0 Å². The number of aliphatic imine (C=N–C) groups is 1. The Hall–Kier alpha value is -1.50. The van der Waals surface area contributed by atoms with Crippen molar-refractivity contribution in [3.8, 4) is 6.19 Å². The molecule has 0 saturated carbocycles. The van der Waals surface area contributed by atoms with Crippen LogP contribution in [0, 0.1) is 11.5 Å². The molecule has 0 unspecified atom stereocenters. The van der Waals surface area contributed by atoms with Crippen molar-refractivity contribution < 1.29 is 4.74 Å². The first-order valence-corrected chi connectivity index (χ1v) is 2.27. The van der Waals surface area contributed by atoms with Crippen LogP contribution >= 0.6 is 0 Å². The zero-order valence-electron chi connectivity index (χ0n) is 4.87. The summed E-state index contributed by atoms with van der Waals surface area (Å²) in [4.78, 5) is 3.09. The standard InChI is InChI=1S/C5H7N3O/c1-2-3-9-5(7)8-4-6/h2H,1,3H2,(H2,7,8). The molecular weight excluding hydrogens is 118 g/mol. The fraction of sp³-hybridized carbons (Fsp3) is 0.200. The van der Waals surface area contributed by atoms with Crippen molar-refractivity contribution in [3.05, 3.63) is 12.7 Å². The van der Waals surface area contributed by atoms with Gasteiger partial charge in [0.1, 0.15) is 6.61 Å². The lowest BCUT2D eigenvalue weighted by Gasteiger charge is -1.95. The van der Waals surface area contributed by atoms with E-state index < -0.39 is 0 Å². The van der Waals surface area contributed by atoms with E-state index in [2.05, 4.69) is 16.3 Å². The smallest absolute Gasteiger partial charge is 0.297 e. The van der Waals surface area contributed by atoms with Crippen molar-refractivity contribution in [2.45, 2.75) is 0 Å². The average molecular weight is 125 g/mol. The van der Waals surface area contributed by atoms with Gasteiger partial charge in [-0.1, -0.05) is 12.7 Å². The normalized spacial score (nSPS) is 9.89.